The molecule has 0 aliphatic rings. The Bertz CT molecular complexity index is 262. The molecule has 0 amide bonds. The van der Waals surface area contributed by atoms with E-state index in [-0.39, 0.29) is 5.96 Å². The number of aliphatic imine (C=N–C) groups is 2. The van der Waals surface area contributed by atoms with Gasteiger partial charge in [-0.15, -0.1) is 11.3 Å². The van der Waals surface area contributed by atoms with Gasteiger partial charge in [0.15, 0.2) is 0 Å². The van der Waals surface area contributed by atoms with Crippen molar-refractivity contribution in [2.75, 3.05) is 7.05 Å². The Morgan fingerprint density at radius 1 is 1.82 bits per heavy atom. The lowest BCUT2D eigenvalue weighted by Gasteiger charge is -1.85. The minimum absolute atomic E-state index is 0.276. The van der Waals surface area contributed by atoms with Crippen molar-refractivity contribution >= 4 is 23.5 Å². The summed E-state index contributed by atoms with van der Waals surface area (Å²) < 4.78 is 0. The third-order valence-corrected chi connectivity index (χ3v) is 1.71. The van der Waals surface area contributed by atoms with Crippen LogP contribution >= 0.6 is 11.3 Å². The quantitative estimate of drug-likeness (QED) is 0.490. The van der Waals surface area contributed by atoms with Crippen molar-refractivity contribution in [1.82, 2.24) is 4.98 Å². The molecule has 0 spiro atoms. The standard InChI is InChI=1S/C6H8N4S/c1-8-6(7)10-3-5-2-9-4-11-5/h2-4H,1H3,(H2,7,8)/b10-3+. The molecule has 1 aromatic rings. The van der Waals surface area contributed by atoms with Gasteiger partial charge in [-0.1, -0.05) is 0 Å². The number of hydrogen-bond donors (Lipinski definition) is 1. The van der Waals surface area contributed by atoms with E-state index < -0.39 is 0 Å². The molecule has 0 fully saturated rings. The van der Waals surface area contributed by atoms with Crippen LogP contribution in [0.3, 0.4) is 0 Å². The van der Waals surface area contributed by atoms with Crippen LogP contribution in [0.5, 0.6) is 0 Å². The molecule has 0 bridgehead atoms. The van der Waals surface area contributed by atoms with E-state index in [0.717, 1.165) is 4.88 Å². The second-order valence-electron chi connectivity index (χ2n) is 1.74. The summed E-state index contributed by atoms with van der Waals surface area (Å²) in [5, 5.41) is 0. The Kier molecular flexibility index (Phi) is 2.74. The van der Waals surface area contributed by atoms with Gasteiger partial charge in [-0.25, -0.2) is 4.99 Å². The van der Waals surface area contributed by atoms with Crippen LogP contribution in [0.2, 0.25) is 0 Å². The molecule has 5 heteroatoms. The number of thiazole rings is 1. The molecule has 0 aromatic carbocycles. The van der Waals surface area contributed by atoms with Crippen molar-refractivity contribution < 1.29 is 0 Å². The lowest BCUT2D eigenvalue weighted by molar-refractivity contribution is 1.36. The number of rotatable bonds is 1. The minimum Gasteiger partial charge on any atom is -0.368 e. The predicted molar refractivity (Wildman–Crippen MR) is 47.3 cm³/mol. The van der Waals surface area contributed by atoms with Crippen LogP contribution in [0.4, 0.5) is 0 Å². The fourth-order valence-corrected chi connectivity index (χ4v) is 0.956. The number of guanidine groups is 1. The lowest BCUT2D eigenvalue weighted by atomic mass is 10.6. The van der Waals surface area contributed by atoms with E-state index in [1.807, 2.05) is 0 Å². The molecular formula is C6H8N4S. The highest BCUT2D eigenvalue weighted by Gasteiger charge is 1.87. The van der Waals surface area contributed by atoms with Crippen LogP contribution in [0.15, 0.2) is 21.7 Å². The molecule has 58 valence electrons. The summed E-state index contributed by atoms with van der Waals surface area (Å²) in [6.07, 6.45) is 3.36. The van der Waals surface area contributed by atoms with Gasteiger partial charge >= 0.3 is 0 Å². The van der Waals surface area contributed by atoms with E-state index in [0.29, 0.717) is 0 Å². The molecule has 0 saturated carbocycles. The van der Waals surface area contributed by atoms with Crippen molar-refractivity contribution in [2.24, 2.45) is 15.7 Å². The van der Waals surface area contributed by atoms with Crippen LogP contribution in [-0.4, -0.2) is 24.2 Å². The van der Waals surface area contributed by atoms with E-state index in [1.165, 1.54) is 11.3 Å². The van der Waals surface area contributed by atoms with Crippen molar-refractivity contribution in [2.45, 2.75) is 0 Å². The van der Waals surface area contributed by atoms with E-state index in [4.69, 9.17) is 5.73 Å². The van der Waals surface area contributed by atoms with Crippen LogP contribution in [0.25, 0.3) is 0 Å². The molecule has 1 aromatic heterocycles. The van der Waals surface area contributed by atoms with Gasteiger partial charge in [0, 0.05) is 19.5 Å². The third kappa shape index (κ3) is 2.46. The van der Waals surface area contributed by atoms with E-state index in [2.05, 4.69) is 15.0 Å². The molecule has 1 heterocycles. The average molecular weight is 168 g/mol. The highest BCUT2D eigenvalue weighted by Crippen LogP contribution is 2.00. The maximum atomic E-state index is 5.33. The van der Waals surface area contributed by atoms with Crippen molar-refractivity contribution in [3.63, 3.8) is 0 Å². The monoisotopic (exact) mass is 168 g/mol. The molecule has 0 atom stereocenters. The first-order valence-corrected chi connectivity index (χ1v) is 3.85. The molecule has 1 rings (SSSR count). The van der Waals surface area contributed by atoms with Gasteiger partial charge in [-0.05, 0) is 0 Å². The Labute approximate surface area is 68.5 Å². The van der Waals surface area contributed by atoms with Crippen LogP contribution < -0.4 is 5.73 Å². The molecule has 0 aliphatic carbocycles. The molecule has 0 aliphatic heterocycles. The summed E-state index contributed by atoms with van der Waals surface area (Å²) in [5.74, 6) is 0.276. The SMILES string of the molecule is CN=C(N)/N=C/c1cncs1. The van der Waals surface area contributed by atoms with Gasteiger partial charge in [-0.3, -0.25) is 9.98 Å². The van der Waals surface area contributed by atoms with E-state index in [1.54, 1.807) is 25.0 Å². The molecular weight excluding hydrogens is 160 g/mol. The second-order valence-corrected chi connectivity index (χ2v) is 2.66. The fourth-order valence-electron chi connectivity index (χ4n) is 0.477. The third-order valence-electron chi connectivity index (χ3n) is 1.00. The van der Waals surface area contributed by atoms with Gasteiger partial charge in [-0.2, -0.15) is 0 Å². The largest absolute Gasteiger partial charge is 0.368 e. The van der Waals surface area contributed by atoms with Crippen LogP contribution in [-0.2, 0) is 0 Å². The average Bonchev–Trinajstić information content (AvgIpc) is 2.52. The summed E-state index contributed by atoms with van der Waals surface area (Å²) in [6.45, 7) is 0. The van der Waals surface area contributed by atoms with E-state index >= 15 is 0 Å². The Hall–Kier alpha value is -1.23. The Morgan fingerprint density at radius 3 is 3.18 bits per heavy atom. The lowest BCUT2D eigenvalue weighted by Crippen LogP contribution is -2.07. The van der Waals surface area contributed by atoms with Crippen molar-refractivity contribution in [3.05, 3.63) is 16.6 Å². The first kappa shape index (κ1) is 7.87. The second kappa shape index (κ2) is 3.82. The topological polar surface area (TPSA) is 63.6 Å². The van der Waals surface area contributed by atoms with Gasteiger partial charge in [0.25, 0.3) is 0 Å². The maximum absolute atomic E-state index is 5.33. The predicted octanol–water partition coefficient (Wildman–Crippen LogP) is 0.506. The molecule has 0 radical (unpaired) electrons. The summed E-state index contributed by atoms with van der Waals surface area (Å²) in [6, 6.07) is 0. The number of nitrogens with two attached hydrogens (primary N) is 1. The van der Waals surface area contributed by atoms with Crippen molar-refractivity contribution in [3.8, 4) is 0 Å². The molecule has 0 saturated heterocycles. The minimum atomic E-state index is 0.276. The zero-order valence-corrected chi connectivity index (χ0v) is 6.88. The van der Waals surface area contributed by atoms with Gasteiger partial charge in [0.2, 0.25) is 5.96 Å². The summed E-state index contributed by atoms with van der Waals surface area (Å²) in [4.78, 5) is 12.4. The summed E-state index contributed by atoms with van der Waals surface area (Å²) in [7, 11) is 1.60. The number of hydrogen-bond acceptors (Lipinski definition) is 3. The molecule has 11 heavy (non-hydrogen) atoms. The first-order valence-electron chi connectivity index (χ1n) is 2.97. The fraction of sp³-hybridized carbons (Fsp3) is 0.167. The van der Waals surface area contributed by atoms with Crippen molar-refractivity contribution in [1.29, 1.82) is 0 Å². The first-order chi connectivity index (χ1) is 5.33. The summed E-state index contributed by atoms with van der Waals surface area (Å²) in [5.41, 5.74) is 7.06. The molecule has 4 nitrogen and oxygen atoms in total. The zero-order chi connectivity index (χ0) is 8.10. The maximum Gasteiger partial charge on any atom is 0.215 e. The number of aromatic nitrogens is 1. The van der Waals surface area contributed by atoms with Crippen LogP contribution in [0, 0.1) is 0 Å². The van der Waals surface area contributed by atoms with Gasteiger partial charge < -0.3 is 5.73 Å². The smallest absolute Gasteiger partial charge is 0.215 e. The molecule has 0 unspecified atom stereocenters. The van der Waals surface area contributed by atoms with Gasteiger partial charge in [0.1, 0.15) is 0 Å². The zero-order valence-electron chi connectivity index (χ0n) is 6.06. The summed E-state index contributed by atoms with van der Waals surface area (Å²) >= 11 is 1.50. The normalized spacial score (nSPS) is 12.6. The highest BCUT2D eigenvalue weighted by molar-refractivity contribution is 7.11. The molecule has 2 N–H and O–H groups in total. The highest BCUT2D eigenvalue weighted by atomic mass is 32.1. The Balaban J connectivity index is 2.63. The van der Waals surface area contributed by atoms with Crippen LogP contribution in [0.1, 0.15) is 4.88 Å². The van der Waals surface area contributed by atoms with Gasteiger partial charge in [0.05, 0.1) is 10.4 Å². The van der Waals surface area contributed by atoms with E-state index in [9.17, 15) is 0 Å². The Morgan fingerprint density at radius 2 is 2.64 bits per heavy atom. The number of nitrogens with zero attached hydrogens (tertiary/aromatic N) is 3.